The first-order chi connectivity index (χ1) is 9.36. The van der Waals surface area contributed by atoms with Crippen LogP contribution < -0.4 is 5.32 Å². The van der Waals surface area contributed by atoms with E-state index in [1.54, 1.807) is 0 Å². The van der Waals surface area contributed by atoms with Crippen LogP contribution >= 0.6 is 0 Å². The molecular weight excluding hydrogens is 262 g/mol. The molecule has 0 spiro atoms. The van der Waals surface area contributed by atoms with Crippen molar-refractivity contribution in [2.24, 2.45) is 0 Å². The lowest BCUT2D eigenvalue weighted by atomic mass is 9.95. The molecule has 0 bridgehead atoms. The van der Waals surface area contributed by atoms with Gasteiger partial charge in [0, 0.05) is 11.6 Å². The Bertz CT molecular complexity index is 512. The molecule has 110 valence electrons. The molecule has 1 aromatic rings. The molecule has 1 N–H and O–H groups in total. The molecule has 0 fully saturated rings. The van der Waals surface area contributed by atoms with E-state index >= 15 is 0 Å². The lowest BCUT2D eigenvalue weighted by molar-refractivity contribution is -0.384. The molecule has 0 aliphatic heterocycles. The van der Waals surface area contributed by atoms with Gasteiger partial charge in [0.2, 0.25) is 5.82 Å². The van der Waals surface area contributed by atoms with Gasteiger partial charge in [0.1, 0.15) is 0 Å². The van der Waals surface area contributed by atoms with Crippen molar-refractivity contribution in [1.82, 2.24) is 4.98 Å². The number of nitrogens with zero attached hydrogens (tertiary/aromatic N) is 2. The number of hydrogen-bond acceptors (Lipinski definition) is 6. The third-order valence-corrected chi connectivity index (χ3v) is 3.45. The summed E-state index contributed by atoms with van der Waals surface area (Å²) in [5.41, 5.74) is -0.451. The molecule has 1 aromatic heterocycles. The van der Waals surface area contributed by atoms with Crippen LogP contribution in [0.5, 0.6) is 0 Å². The van der Waals surface area contributed by atoms with Crippen LogP contribution in [-0.2, 0) is 4.74 Å². The smallest absolute Gasteiger partial charge is 0.356 e. The topological polar surface area (TPSA) is 94.4 Å². The maximum absolute atomic E-state index is 11.5. The number of nitro groups is 1. The van der Waals surface area contributed by atoms with Crippen molar-refractivity contribution < 1.29 is 14.5 Å². The lowest BCUT2D eigenvalue weighted by Gasteiger charge is -2.28. The van der Waals surface area contributed by atoms with Crippen LogP contribution in [0, 0.1) is 10.1 Å². The number of esters is 1. The highest BCUT2D eigenvalue weighted by Crippen LogP contribution is 2.28. The number of aromatic nitrogens is 1. The Hall–Kier alpha value is -2.18. The van der Waals surface area contributed by atoms with Crippen LogP contribution in [0.3, 0.4) is 0 Å². The van der Waals surface area contributed by atoms with Crippen LogP contribution in [0.4, 0.5) is 11.5 Å². The van der Waals surface area contributed by atoms with Crippen molar-refractivity contribution in [2.45, 2.75) is 39.2 Å². The van der Waals surface area contributed by atoms with Gasteiger partial charge >= 0.3 is 11.7 Å². The van der Waals surface area contributed by atoms with Gasteiger partial charge in [0.25, 0.3) is 0 Å². The van der Waals surface area contributed by atoms with Crippen LogP contribution in [0.2, 0.25) is 0 Å². The first-order valence-corrected chi connectivity index (χ1v) is 6.38. The zero-order valence-electron chi connectivity index (χ0n) is 12.1. The number of methoxy groups -OCH3 is 1. The molecular formula is C13H19N3O4. The number of carbonyl (C=O) groups excluding carboxylic acids is 1. The van der Waals surface area contributed by atoms with Crippen molar-refractivity contribution in [3.8, 4) is 0 Å². The van der Waals surface area contributed by atoms with Gasteiger partial charge in [-0.15, -0.1) is 0 Å². The average molecular weight is 281 g/mol. The lowest BCUT2D eigenvalue weighted by Crippen LogP contribution is -2.34. The van der Waals surface area contributed by atoms with Crippen molar-refractivity contribution >= 4 is 17.5 Å². The van der Waals surface area contributed by atoms with Gasteiger partial charge in [-0.05, 0) is 25.8 Å². The summed E-state index contributed by atoms with van der Waals surface area (Å²) in [7, 11) is 1.24. The van der Waals surface area contributed by atoms with Crippen molar-refractivity contribution in [1.29, 1.82) is 0 Å². The molecule has 7 nitrogen and oxygen atoms in total. The Labute approximate surface area is 117 Å². The van der Waals surface area contributed by atoms with E-state index in [2.05, 4.69) is 15.0 Å². The molecule has 7 heteroatoms. The second-order valence-electron chi connectivity index (χ2n) is 4.71. The molecule has 0 aromatic carbocycles. The second-order valence-corrected chi connectivity index (χ2v) is 4.71. The fraction of sp³-hybridized carbons (Fsp3) is 0.538. The highest BCUT2D eigenvalue weighted by Gasteiger charge is 2.26. The summed E-state index contributed by atoms with van der Waals surface area (Å²) in [6.45, 7) is 5.90. The summed E-state index contributed by atoms with van der Waals surface area (Å²) in [4.78, 5) is 26.0. The predicted molar refractivity (Wildman–Crippen MR) is 74.8 cm³/mol. The molecule has 0 aliphatic rings. The van der Waals surface area contributed by atoms with E-state index < -0.39 is 10.9 Å². The van der Waals surface area contributed by atoms with Crippen LogP contribution in [0.25, 0.3) is 0 Å². The minimum absolute atomic E-state index is 0.0372. The van der Waals surface area contributed by atoms with Crippen LogP contribution in [-0.4, -0.2) is 28.5 Å². The van der Waals surface area contributed by atoms with E-state index in [0.29, 0.717) is 0 Å². The maximum atomic E-state index is 11.5. The molecule has 1 rings (SSSR count). The number of anilines is 1. The third-order valence-electron chi connectivity index (χ3n) is 3.45. The van der Waals surface area contributed by atoms with E-state index in [1.165, 1.54) is 19.2 Å². The Kier molecular flexibility index (Phi) is 5.01. The van der Waals surface area contributed by atoms with Gasteiger partial charge in [-0.1, -0.05) is 13.8 Å². The number of carbonyl (C=O) groups is 1. The van der Waals surface area contributed by atoms with E-state index in [9.17, 15) is 14.9 Å². The van der Waals surface area contributed by atoms with Crippen LogP contribution in [0.15, 0.2) is 12.1 Å². The van der Waals surface area contributed by atoms with Gasteiger partial charge in [0.15, 0.2) is 5.69 Å². The molecule has 1 heterocycles. The highest BCUT2D eigenvalue weighted by atomic mass is 16.6. The van der Waals surface area contributed by atoms with Gasteiger partial charge in [-0.3, -0.25) is 10.1 Å². The van der Waals surface area contributed by atoms with Crippen molar-refractivity contribution in [2.75, 3.05) is 12.4 Å². The zero-order valence-corrected chi connectivity index (χ0v) is 12.1. The molecule has 0 radical (unpaired) electrons. The van der Waals surface area contributed by atoms with Crippen molar-refractivity contribution in [3.63, 3.8) is 0 Å². The third kappa shape index (κ3) is 3.43. The summed E-state index contributed by atoms with van der Waals surface area (Å²) in [6, 6.07) is 2.54. The highest BCUT2D eigenvalue weighted by molar-refractivity contribution is 5.88. The minimum atomic E-state index is -0.627. The Balaban J connectivity index is 3.25. The average Bonchev–Trinajstić information content (AvgIpc) is 2.45. The monoisotopic (exact) mass is 281 g/mol. The summed E-state index contributed by atoms with van der Waals surface area (Å²) in [5, 5.41) is 14.1. The number of hydrogen-bond donors (Lipinski definition) is 1. The first kappa shape index (κ1) is 15.9. The summed E-state index contributed by atoms with van der Waals surface area (Å²) in [5.74, 6) is -0.540. The van der Waals surface area contributed by atoms with Gasteiger partial charge in [-0.25, -0.2) is 9.78 Å². The fourth-order valence-corrected chi connectivity index (χ4v) is 1.62. The molecule has 0 saturated heterocycles. The quantitative estimate of drug-likeness (QED) is 0.489. The number of nitrogens with one attached hydrogen (secondary N) is 1. The normalized spacial score (nSPS) is 11.0. The molecule has 0 atom stereocenters. The van der Waals surface area contributed by atoms with Gasteiger partial charge in [-0.2, -0.15) is 0 Å². The van der Waals surface area contributed by atoms with E-state index in [-0.39, 0.29) is 22.7 Å². The molecule has 20 heavy (non-hydrogen) atoms. The van der Waals surface area contributed by atoms with E-state index in [4.69, 9.17) is 0 Å². The van der Waals surface area contributed by atoms with E-state index in [0.717, 1.165) is 12.8 Å². The standard InChI is InChI=1S/C13H19N3O4/c1-5-13(3,6-2)15-11-10(16(18)19)8-7-9(14-11)12(17)20-4/h7-8H,5-6H2,1-4H3,(H,14,15). The Morgan fingerprint density at radius 2 is 2.05 bits per heavy atom. The number of pyridine rings is 1. The summed E-state index contributed by atoms with van der Waals surface area (Å²) < 4.78 is 4.58. The van der Waals surface area contributed by atoms with E-state index in [1.807, 2.05) is 20.8 Å². The van der Waals surface area contributed by atoms with Gasteiger partial charge in [0.05, 0.1) is 12.0 Å². The summed E-state index contributed by atoms with van der Waals surface area (Å²) >= 11 is 0. The molecule has 0 amide bonds. The number of ether oxygens (including phenoxy) is 1. The van der Waals surface area contributed by atoms with Gasteiger partial charge < -0.3 is 10.1 Å². The largest absolute Gasteiger partial charge is 0.464 e. The Morgan fingerprint density at radius 1 is 1.45 bits per heavy atom. The predicted octanol–water partition coefficient (Wildman–Crippen LogP) is 2.77. The second kappa shape index (κ2) is 6.31. The Morgan fingerprint density at radius 3 is 2.50 bits per heavy atom. The zero-order chi connectivity index (χ0) is 15.3. The molecule has 0 aliphatic carbocycles. The molecule has 0 saturated carbocycles. The fourth-order valence-electron chi connectivity index (χ4n) is 1.62. The molecule has 0 unspecified atom stereocenters. The van der Waals surface area contributed by atoms with Crippen LogP contribution in [0.1, 0.15) is 44.1 Å². The first-order valence-electron chi connectivity index (χ1n) is 6.38. The SMILES string of the molecule is CCC(C)(CC)Nc1nc(C(=O)OC)ccc1[N+](=O)[O-]. The number of rotatable bonds is 6. The summed E-state index contributed by atoms with van der Waals surface area (Å²) in [6.07, 6.45) is 1.54. The maximum Gasteiger partial charge on any atom is 0.356 e. The van der Waals surface area contributed by atoms with Crippen molar-refractivity contribution in [3.05, 3.63) is 27.9 Å². The minimum Gasteiger partial charge on any atom is -0.464 e.